The molecule has 1 atom stereocenters. The number of para-hydroxylation sites is 1. The maximum absolute atomic E-state index is 13.1. The maximum Gasteiger partial charge on any atom is 0.269 e. The number of hydrogen-bond acceptors (Lipinski definition) is 10. The summed E-state index contributed by atoms with van der Waals surface area (Å²) in [5.74, 6) is -0.419. The van der Waals surface area contributed by atoms with Crippen molar-refractivity contribution in [2.24, 2.45) is 17.4 Å². The van der Waals surface area contributed by atoms with Crippen LogP contribution in [0.3, 0.4) is 0 Å². The largest absolute Gasteiger partial charge is 0.393 e. The normalized spacial score (nSPS) is 19.8. The van der Waals surface area contributed by atoms with Gasteiger partial charge in [-0.2, -0.15) is 5.10 Å². The molecular weight excluding hydrogens is 608 g/mol. The topological polar surface area (TPSA) is 177 Å². The van der Waals surface area contributed by atoms with Crippen LogP contribution in [0, 0.1) is 5.92 Å². The highest BCUT2D eigenvalue weighted by Gasteiger charge is 2.38. The highest BCUT2D eigenvalue weighted by atomic mass is 16.2. The number of benzene rings is 1. The molecule has 1 saturated heterocycles. The molecule has 2 saturated carbocycles. The van der Waals surface area contributed by atoms with Crippen LogP contribution in [0.25, 0.3) is 11.1 Å². The lowest BCUT2D eigenvalue weighted by Gasteiger charge is -2.43. The number of carbonyl (C=O) groups is 3. The van der Waals surface area contributed by atoms with Gasteiger partial charge in [0.2, 0.25) is 5.91 Å². The molecule has 13 nitrogen and oxygen atoms in total. The Hall–Kier alpha value is -5.17. The zero-order chi connectivity index (χ0) is 33.5. The minimum Gasteiger partial charge on any atom is -0.393 e. The molecule has 7 N–H and O–H groups in total. The SMILES string of the molecule is CCC1c2c(cnn2C2CN(Cc3cccc(C=O)n3)C2)-c2cccc(NC(/C=C(\N)NC(=O)C3CC3)=C(/N)C(=O)NC3CC3)c2N1C. The first-order chi connectivity index (χ1) is 23.2. The number of fused-ring (bicyclic) bond motifs is 3. The van der Waals surface area contributed by atoms with Gasteiger partial charge < -0.3 is 32.3 Å². The van der Waals surface area contributed by atoms with Gasteiger partial charge in [0, 0.05) is 55.8 Å². The van der Waals surface area contributed by atoms with Crippen molar-refractivity contribution in [1.29, 1.82) is 0 Å². The number of likely N-dealkylation sites (tertiary alicyclic amines) is 1. The van der Waals surface area contributed by atoms with E-state index in [1.807, 2.05) is 30.5 Å². The summed E-state index contributed by atoms with van der Waals surface area (Å²) in [5.41, 5.74) is 19.3. The van der Waals surface area contributed by atoms with Crippen LogP contribution >= 0.6 is 0 Å². The number of amides is 2. The molecule has 0 bridgehead atoms. The van der Waals surface area contributed by atoms with Crippen LogP contribution < -0.4 is 32.3 Å². The fourth-order valence-electron chi connectivity index (χ4n) is 6.68. The van der Waals surface area contributed by atoms with Crippen molar-refractivity contribution in [1.82, 2.24) is 30.3 Å². The molecule has 2 aromatic heterocycles. The third kappa shape index (κ3) is 6.25. The van der Waals surface area contributed by atoms with Gasteiger partial charge in [-0.15, -0.1) is 0 Å². The first kappa shape index (κ1) is 31.4. The van der Waals surface area contributed by atoms with E-state index < -0.39 is 0 Å². The Balaban J connectivity index is 1.17. The van der Waals surface area contributed by atoms with Gasteiger partial charge >= 0.3 is 0 Å². The van der Waals surface area contributed by atoms with Crippen molar-refractivity contribution in [2.75, 3.05) is 30.4 Å². The van der Waals surface area contributed by atoms with E-state index in [0.717, 1.165) is 79.7 Å². The van der Waals surface area contributed by atoms with E-state index in [0.29, 0.717) is 17.9 Å². The van der Waals surface area contributed by atoms with Crippen molar-refractivity contribution >= 4 is 29.5 Å². The smallest absolute Gasteiger partial charge is 0.269 e. The minimum atomic E-state index is -0.382. The zero-order valence-electron chi connectivity index (χ0n) is 27.3. The van der Waals surface area contributed by atoms with Crippen molar-refractivity contribution in [3.63, 3.8) is 0 Å². The Labute approximate surface area is 279 Å². The number of rotatable bonds is 12. The van der Waals surface area contributed by atoms with Crippen LogP contribution in [-0.4, -0.2) is 63.9 Å². The molecule has 4 aliphatic rings. The Morgan fingerprint density at radius 3 is 2.52 bits per heavy atom. The summed E-state index contributed by atoms with van der Waals surface area (Å²) in [6, 6.07) is 11.9. The fourth-order valence-corrected chi connectivity index (χ4v) is 6.68. The number of carbonyl (C=O) groups excluding carboxylic acids is 3. The number of hydrogen-bond donors (Lipinski definition) is 5. The van der Waals surface area contributed by atoms with E-state index >= 15 is 0 Å². The molecule has 0 radical (unpaired) electrons. The second-order valence-electron chi connectivity index (χ2n) is 13.2. The molecule has 3 fully saturated rings. The molecule has 4 heterocycles. The first-order valence-corrected chi connectivity index (χ1v) is 16.7. The average Bonchev–Trinajstić information content (AvgIpc) is 4.01. The molecule has 13 heteroatoms. The highest BCUT2D eigenvalue weighted by Crippen LogP contribution is 2.49. The highest BCUT2D eigenvalue weighted by molar-refractivity contribution is 5.96. The lowest BCUT2D eigenvalue weighted by atomic mass is 9.91. The summed E-state index contributed by atoms with van der Waals surface area (Å²) in [6.45, 7) is 4.51. The summed E-state index contributed by atoms with van der Waals surface area (Å²) >= 11 is 0. The van der Waals surface area contributed by atoms with Crippen LogP contribution in [0.2, 0.25) is 0 Å². The molecule has 1 unspecified atom stereocenters. The van der Waals surface area contributed by atoms with Gasteiger partial charge in [-0.05, 0) is 50.3 Å². The number of pyridine rings is 1. The number of nitrogens with zero attached hydrogens (tertiary/aromatic N) is 5. The van der Waals surface area contributed by atoms with E-state index in [4.69, 9.17) is 16.6 Å². The van der Waals surface area contributed by atoms with Crippen LogP contribution in [0.1, 0.15) is 73.0 Å². The number of anilines is 2. The summed E-state index contributed by atoms with van der Waals surface area (Å²) < 4.78 is 2.17. The Morgan fingerprint density at radius 1 is 1.04 bits per heavy atom. The third-order valence-corrected chi connectivity index (χ3v) is 9.53. The van der Waals surface area contributed by atoms with Gasteiger partial charge in [0.25, 0.3) is 5.91 Å². The van der Waals surface area contributed by atoms with Gasteiger partial charge in [-0.3, -0.25) is 24.0 Å². The lowest BCUT2D eigenvalue weighted by Crippen LogP contribution is -2.48. The summed E-state index contributed by atoms with van der Waals surface area (Å²) in [5, 5.41) is 14.0. The molecule has 7 rings (SSSR count). The third-order valence-electron chi connectivity index (χ3n) is 9.53. The number of nitrogens with one attached hydrogen (secondary N) is 3. The van der Waals surface area contributed by atoms with Gasteiger partial charge in [-0.1, -0.05) is 25.1 Å². The van der Waals surface area contributed by atoms with Crippen molar-refractivity contribution in [3.05, 3.63) is 83.0 Å². The first-order valence-electron chi connectivity index (χ1n) is 16.7. The molecule has 2 aliphatic heterocycles. The minimum absolute atomic E-state index is 0.00948. The Morgan fingerprint density at radius 2 is 1.81 bits per heavy atom. The molecule has 2 amide bonds. The van der Waals surface area contributed by atoms with E-state index in [2.05, 4.69) is 55.5 Å². The summed E-state index contributed by atoms with van der Waals surface area (Å²) in [7, 11) is 2.07. The van der Waals surface area contributed by atoms with Gasteiger partial charge in [0.1, 0.15) is 17.2 Å². The molecule has 1 aromatic carbocycles. The lowest BCUT2D eigenvalue weighted by molar-refractivity contribution is -0.121. The maximum atomic E-state index is 13.1. The number of nitrogens with two attached hydrogens (primary N) is 2. The molecule has 0 spiro atoms. The molecular formula is C35H42N10O3. The van der Waals surface area contributed by atoms with Crippen LogP contribution in [0.4, 0.5) is 11.4 Å². The van der Waals surface area contributed by atoms with Gasteiger partial charge in [-0.25, -0.2) is 4.98 Å². The van der Waals surface area contributed by atoms with Crippen molar-refractivity contribution < 1.29 is 14.4 Å². The summed E-state index contributed by atoms with van der Waals surface area (Å²) in [6.07, 6.45) is 8.64. The van der Waals surface area contributed by atoms with Crippen LogP contribution in [-0.2, 0) is 16.1 Å². The van der Waals surface area contributed by atoms with Crippen LogP contribution in [0.5, 0.6) is 0 Å². The zero-order valence-corrected chi connectivity index (χ0v) is 27.3. The van der Waals surface area contributed by atoms with Crippen molar-refractivity contribution in [3.8, 4) is 11.1 Å². The number of aldehydes is 1. The number of allylic oxidation sites excluding steroid dienone is 1. The summed E-state index contributed by atoms with van der Waals surface area (Å²) in [4.78, 5) is 45.7. The molecule has 48 heavy (non-hydrogen) atoms. The standard InChI is InChI=1S/C35H42N10O3/c1-3-29-33-26(15-38-45(33)24-17-44(18-24)16-22-6-4-7-23(19-46)39-22)25-8-5-9-27(32(25)43(29)2)41-28(31(37)35(48)40-21-12-13-21)14-30(36)42-34(47)20-10-11-20/h4-9,14-15,19-21,24,29,41H,3,10-13,16-18,36-37H2,1-2H3,(H,40,48)(H,42,47)/b30-14+,31-28+. The van der Waals surface area contributed by atoms with E-state index in [1.165, 1.54) is 11.8 Å². The van der Waals surface area contributed by atoms with Gasteiger partial charge in [0.05, 0.1) is 46.7 Å². The molecule has 2 aliphatic carbocycles. The second kappa shape index (κ2) is 12.8. The van der Waals surface area contributed by atoms with Crippen molar-refractivity contribution in [2.45, 2.75) is 63.7 Å². The quantitative estimate of drug-likeness (QED) is 0.111. The predicted octanol–water partition coefficient (Wildman–Crippen LogP) is 2.90. The molecule has 3 aromatic rings. The average molecular weight is 651 g/mol. The number of aromatic nitrogens is 3. The Kier molecular flexibility index (Phi) is 8.38. The second-order valence-corrected chi connectivity index (χ2v) is 13.2. The monoisotopic (exact) mass is 650 g/mol. The van der Waals surface area contributed by atoms with Crippen LogP contribution in [0.15, 0.2) is 65.9 Å². The predicted molar refractivity (Wildman–Crippen MR) is 182 cm³/mol. The molecule has 250 valence electrons. The van der Waals surface area contributed by atoms with Gasteiger partial charge in [0.15, 0.2) is 6.29 Å². The van der Waals surface area contributed by atoms with E-state index in [9.17, 15) is 14.4 Å². The van der Waals surface area contributed by atoms with E-state index in [-0.39, 0.29) is 47.4 Å². The Bertz CT molecular complexity index is 1820. The van der Waals surface area contributed by atoms with E-state index in [1.54, 1.807) is 6.07 Å². The fraction of sp³-hybridized carbons (Fsp3) is 0.400.